The van der Waals surface area contributed by atoms with Gasteiger partial charge in [-0.1, -0.05) is 29.8 Å². The monoisotopic (exact) mass is 374 g/mol. The van der Waals surface area contributed by atoms with Gasteiger partial charge in [0.1, 0.15) is 15.9 Å². The first-order chi connectivity index (χ1) is 12.0. The van der Waals surface area contributed by atoms with Crippen molar-refractivity contribution in [2.45, 2.75) is 13.8 Å². The molecule has 0 aliphatic heterocycles. The largest absolute Gasteiger partial charge is 0.462 e. The average Bonchev–Trinajstić information content (AvgIpc) is 2.90. The predicted octanol–water partition coefficient (Wildman–Crippen LogP) is 4.41. The first kappa shape index (κ1) is 18.7. The van der Waals surface area contributed by atoms with Crippen molar-refractivity contribution in [2.75, 3.05) is 11.9 Å². The molecule has 2 aromatic rings. The van der Waals surface area contributed by atoms with E-state index in [2.05, 4.69) is 5.32 Å². The van der Waals surface area contributed by atoms with Crippen LogP contribution >= 0.6 is 22.9 Å². The second-order valence-electron chi connectivity index (χ2n) is 4.94. The lowest BCUT2D eigenvalue weighted by Crippen LogP contribution is -2.07. The normalized spacial score (nSPS) is 10.5. The van der Waals surface area contributed by atoms with E-state index in [1.807, 2.05) is 12.1 Å². The lowest BCUT2D eigenvalue weighted by molar-refractivity contribution is -0.111. The Morgan fingerprint density at radius 2 is 2.12 bits per heavy atom. The molecule has 0 aliphatic carbocycles. The van der Waals surface area contributed by atoms with E-state index in [0.29, 0.717) is 26.0 Å². The molecule has 0 radical (unpaired) electrons. The molecule has 0 spiro atoms. The first-order valence-corrected chi connectivity index (χ1v) is 8.61. The molecule has 0 saturated carbocycles. The van der Waals surface area contributed by atoms with Crippen LogP contribution < -0.4 is 5.32 Å². The molecule has 1 heterocycles. The average molecular weight is 375 g/mol. The fourth-order valence-corrected chi connectivity index (χ4v) is 3.31. The van der Waals surface area contributed by atoms with Crippen LogP contribution in [0.3, 0.4) is 0 Å². The second kappa shape index (κ2) is 8.47. The Morgan fingerprint density at radius 1 is 1.40 bits per heavy atom. The van der Waals surface area contributed by atoms with Crippen LogP contribution in [0.15, 0.2) is 30.3 Å². The van der Waals surface area contributed by atoms with Crippen LogP contribution in [-0.4, -0.2) is 18.5 Å². The standard InChI is InChI=1S/C18H15ClN2O3S/c1-3-24-18(23)16-11(2)13(10-20)17(25-16)21-15(22)9-8-12-6-4-5-7-14(12)19/h4-9H,3H2,1-2H3,(H,21,22)/b9-8+. The van der Waals surface area contributed by atoms with E-state index in [1.54, 1.807) is 38.1 Å². The molecule has 128 valence electrons. The highest BCUT2D eigenvalue weighted by molar-refractivity contribution is 7.18. The fourth-order valence-electron chi connectivity index (χ4n) is 2.06. The zero-order chi connectivity index (χ0) is 18.4. The van der Waals surface area contributed by atoms with Crippen LogP contribution in [0.5, 0.6) is 0 Å². The van der Waals surface area contributed by atoms with Crippen molar-refractivity contribution < 1.29 is 14.3 Å². The molecule has 0 fully saturated rings. The number of benzene rings is 1. The van der Waals surface area contributed by atoms with Gasteiger partial charge in [0.2, 0.25) is 5.91 Å². The van der Waals surface area contributed by atoms with Gasteiger partial charge in [-0.25, -0.2) is 4.79 Å². The van der Waals surface area contributed by atoms with E-state index in [-0.39, 0.29) is 12.2 Å². The lowest BCUT2D eigenvalue weighted by Gasteiger charge is -2.00. The van der Waals surface area contributed by atoms with Crippen molar-refractivity contribution in [1.82, 2.24) is 0 Å². The number of nitrogens with one attached hydrogen (secondary N) is 1. The maximum Gasteiger partial charge on any atom is 0.348 e. The number of carbonyl (C=O) groups excluding carboxylic acids is 2. The number of hydrogen-bond acceptors (Lipinski definition) is 5. The van der Waals surface area contributed by atoms with Crippen LogP contribution in [0, 0.1) is 18.3 Å². The van der Waals surface area contributed by atoms with Crippen molar-refractivity contribution in [3.63, 3.8) is 0 Å². The van der Waals surface area contributed by atoms with Gasteiger partial charge in [-0.05, 0) is 37.1 Å². The number of rotatable bonds is 5. The zero-order valence-electron chi connectivity index (χ0n) is 13.6. The van der Waals surface area contributed by atoms with Crippen molar-refractivity contribution in [1.29, 1.82) is 5.26 Å². The number of nitriles is 1. The van der Waals surface area contributed by atoms with E-state index < -0.39 is 11.9 Å². The van der Waals surface area contributed by atoms with Crippen LogP contribution in [-0.2, 0) is 9.53 Å². The number of esters is 1. The fraction of sp³-hybridized carbons (Fsp3) is 0.167. The molecule has 1 amide bonds. The molecule has 0 aliphatic rings. The molecular weight excluding hydrogens is 360 g/mol. The van der Waals surface area contributed by atoms with Gasteiger partial charge in [0.05, 0.1) is 12.2 Å². The van der Waals surface area contributed by atoms with Gasteiger partial charge in [0.15, 0.2) is 0 Å². The van der Waals surface area contributed by atoms with Crippen LogP contribution in [0.4, 0.5) is 5.00 Å². The number of thiophene rings is 1. The van der Waals surface area contributed by atoms with Gasteiger partial charge in [-0.2, -0.15) is 5.26 Å². The highest BCUT2D eigenvalue weighted by atomic mass is 35.5. The summed E-state index contributed by atoms with van der Waals surface area (Å²) in [6, 6.07) is 9.12. The number of nitrogens with zero attached hydrogens (tertiary/aromatic N) is 1. The van der Waals surface area contributed by atoms with Crippen LogP contribution in [0.25, 0.3) is 6.08 Å². The van der Waals surface area contributed by atoms with Crippen molar-refractivity contribution in [2.24, 2.45) is 0 Å². The third-order valence-electron chi connectivity index (χ3n) is 3.28. The topological polar surface area (TPSA) is 79.2 Å². The van der Waals surface area contributed by atoms with Gasteiger partial charge in [-0.3, -0.25) is 4.79 Å². The minimum absolute atomic E-state index is 0.236. The van der Waals surface area contributed by atoms with Crippen molar-refractivity contribution in [3.05, 3.63) is 56.9 Å². The summed E-state index contributed by atoms with van der Waals surface area (Å²) in [5.74, 6) is -0.929. The molecule has 25 heavy (non-hydrogen) atoms. The van der Waals surface area contributed by atoms with E-state index in [0.717, 1.165) is 11.3 Å². The predicted molar refractivity (Wildman–Crippen MR) is 98.8 cm³/mol. The number of ether oxygens (including phenoxy) is 1. The molecule has 0 saturated heterocycles. The molecule has 1 N–H and O–H groups in total. The van der Waals surface area contributed by atoms with E-state index in [4.69, 9.17) is 16.3 Å². The molecule has 0 unspecified atom stereocenters. The smallest absolute Gasteiger partial charge is 0.348 e. The number of anilines is 1. The molecule has 7 heteroatoms. The summed E-state index contributed by atoms with van der Waals surface area (Å²) in [6.07, 6.45) is 2.90. The molecule has 1 aromatic carbocycles. The van der Waals surface area contributed by atoms with Gasteiger partial charge in [-0.15, -0.1) is 11.3 Å². The molecule has 0 atom stereocenters. The van der Waals surface area contributed by atoms with Crippen LogP contribution in [0.2, 0.25) is 5.02 Å². The van der Waals surface area contributed by atoms with Gasteiger partial charge in [0.25, 0.3) is 0 Å². The Morgan fingerprint density at radius 3 is 2.76 bits per heavy atom. The van der Waals surface area contributed by atoms with Gasteiger partial charge < -0.3 is 10.1 Å². The molecule has 1 aromatic heterocycles. The Kier molecular flexibility index (Phi) is 6.34. The second-order valence-corrected chi connectivity index (χ2v) is 6.36. The van der Waals surface area contributed by atoms with E-state index in [9.17, 15) is 14.9 Å². The summed E-state index contributed by atoms with van der Waals surface area (Å²) in [6.45, 7) is 3.59. The number of carbonyl (C=O) groups is 2. The van der Waals surface area contributed by atoms with E-state index >= 15 is 0 Å². The quantitative estimate of drug-likeness (QED) is 0.621. The third kappa shape index (κ3) is 4.47. The summed E-state index contributed by atoms with van der Waals surface area (Å²) in [7, 11) is 0. The maximum absolute atomic E-state index is 12.1. The summed E-state index contributed by atoms with van der Waals surface area (Å²) in [5.41, 5.74) is 1.46. The van der Waals surface area contributed by atoms with Gasteiger partial charge in [0, 0.05) is 11.1 Å². The van der Waals surface area contributed by atoms with E-state index in [1.165, 1.54) is 6.08 Å². The highest BCUT2D eigenvalue weighted by Gasteiger charge is 2.21. The van der Waals surface area contributed by atoms with Gasteiger partial charge >= 0.3 is 5.97 Å². The summed E-state index contributed by atoms with van der Waals surface area (Å²) in [4.78, 5) is 24.3. The number of hydrogen-bond donors (Lipinski definition) is 1. The Bertz CT molecular complexity index is 881. The number of halogens is 1. The minimum Gasteiger partial charge on any atom is -0.462 e. The lowest BCUT2D eigenvalue weighted by atomic mass is 10.1. The van der Waals surface area contributed by atoms with Crippen LogP contribution in [0.1, 0.15) is 33.3 Å². The first-order valence-electron chi connectivity index (χ1n) is 7.42. The summed E-state index contributed by atoms with van der Waals surface area (Å²) in [5, 5.41) is 12.8. The summed E-state index contributed by atoms with van der Waals surface area (Å²) < 4.78 is 4.97. The third-order valence-corrected chi connectivity index (χ3v) is 4.81. The zero-order valence-corrected chi connectivity index (χ0v) is 15.2. The summed E-state index contributed by atoms with van der Waals surface area (Å²) >= 11 is 7.05. The molecular formula is C18H15ClN2O3S. The Hall–Kier alpha value is -2.62. The highest BCUT2D eigenvalue weighted by Crippen LogP contribution is 2.33. The molecule has 0 bridgehead atoms. The Balaban J connectivity index is 2.21. The van der Waals surface area contributed by atoms with Crippen molar-refractivity contribution >= 4 is 45.9 Å². The minimum atomic E-state index is -0.506. The molecule has 5 nitrogen and oxygen atoms in total. The number of amides is 1. The molecule has 2 rings (SSSR count). The SMILES string of the molecule is CCOC(=O)c1sc(NC(=O)/C=C/c2ccccc2Cl)c(C#N)c1C. The Labute approximate surface area is 154 Å². The maximum atomic E-state index is 12.1. The van der Waals surface area contributed by atoms with Crippen molar-refractivity contribution in [3.8, 4) is 6.07 Å².